The van der Waals surface area contributed by atoms with Gasteiger partial charge in [0.2, 0.25) is 5.91 Å². The highest BCUT2D eigenvalue weighted by atomic mass is 16.5. The van der Waals surface area contributed by atoms with E-state index in [4.69, 9.17) is 4.74 Å². The first kappa shape index (κ1) is 16.0. The van der Waals surface area contributed by atoms with Gasteiger partial charge in [0.15, 0.2) is 0 Å². The highest BCUT2D eigenvalue weighted by Crippen LogP contribution is 2.61. The van der Waals surface area contributed by atoms with Crippen molar-refractivity contribution in [3.05, 3.63) is 30.3 Å². The minimum absolute atomic E-state index is 0.133. The van der Waals surface area contributed by atoms with Crippen molar-refractivity contribution in [3.63, 3.8) is 0 Å². The monoisotopic (exact) mass is 327 g/mol. The summed E-state index contributed by atoms with van der Waals surface area (Å²) in [6, 6.07) is 10.0. The van der Waals surface area contributed by atoms with Gasteiger partial charge in [-0.15, -0.1) is 0 Å². The Bertz CT molecular complexity index is 547. The molecule has 3 nitrogen and oxygen atoms in total. The number of para-hydroxylation sites is 1. The first-order chi connectivity index (χ1) is 11.6. The Hall–Kier alpha value is -1.51. The minimum Gasteiger partial charge on any atom is -0.493 e. The summed E-state index contributed by atoms with van der Waals surface area (Å²) in [7, 11) is 0. The fourth-order valence-corrected chi connectivity index (χ4v) is 5.95. The summed E-state index contributed by atoms with van der Waals surface area (Å²) in [5, 5.41) is 3.30. The first-order valence-corrected chi connectivity index (χ1v) is 9.60. The van der Waals surface area contributed by atoms with Gasteiger partial charge in [-0.05, 0) is 80.8 Å². The van der Waals surface area contributed by atoms with Crippen molar-refractivity contribution in [3.8, 4) is 5.75 Å². The lowest BCUT2D eigenvalue weighted by Crippen LogP contribution is -2.55. The van der Waals surface area contributed by atoms with Crippen LogP contribution in [0, 0.1) is 23.2 Å². The van der Waals surface area contributed by atoms with Crippen molar-refractivity contribution in [2.45, 2.75) is 57.9 Å². The molecule has 4 bridgehead atoms. The largest absolute Gasteiger partial charge is 0.493 e. The number of carbonyl (C=O) groups excluding carboxylic acids is 1. The molecule has 0 saturated heterocycles. The third kappa shape index (κ3) is 3.18. The molecule has 1 N–H and O–H groups in total. The normalized spacial score (nSPS) is 34.8. The quantitative estimate of drug-likeness (QED) is 0.851. The summed E-state index contributed by atoms with van der Waals surface area (Å²) in [5.74, 6) is 3.75. The van der Waals surface area contributed by atoms with Crippen LogP contribution < -0.4 is 10.1 Å². The average Bonchev–Trinajstić information content (AvgIpc) is 2.54. The highest BCUT2D eigenvalue weighted by Gasteiger charge is 2.53. The van der Waals surface area contributed by atoms with Crippen LogP contribution in [-0.2, 0) is 4.79 Å². The third-order valence-corrected chi connectivity index (χ3v) is 6.72. The maximum atomic E-state index is 12.3. The van der Waals surface area contributed by atoms with Gasteiger partial charge in [-0.2, -0.15) is 0 Å². The van der Waals surface area contributed by atoms with Crippen molar-refractivity contribution in [2.24, 2.45) is 23.2 Å². The van der Waals surface area contributed by atoms with Crippen molar-refractivity contribution >= 4 is 5.91 Å². The number of nitrogens with one attached hydrogen (secondary N) is 1. The molecular formula is C21H29NO2. The predicted molar refractivity (Wildman–Crippen MR) is 94.8 cm³/mol. The Morgan fingerprint density at radius 3 is 2.29 bits per heavy atom. The standard InChI is InChI=1S/C21H29NO2/c1-15(21-12-16-9-17(13-21)11-18(10-16)14-21)22-20(23)7-8-24-19-5-3-2-4-6-19/h2-6,15-18H,7-14H2,1H3,(H,22,23)/t15-,16?,17?,18?,21?/m0/s1. The van der Waals surface area contributed by atoms with Crippen molar-refractivity contribution in [1.82, 2.24) is 5.32 Å². The van der Waals surface area contributed by atoms with Gasteiger partial charge in [-0.1, -0.05) is 18.2 Å². The van der Waals surface area contributed by atoms with E-state index in [1.165, 1.54) is 38.5 Å². The second-order valence-corrected chi connectivity index (χ2v) is 8.48. The minimum atomic E-state index is 0.133. The molecule has 130 valence electrons. The molecule has 1 aromatic carbocycles. The molecule has 4 fully saturated rings. The molecule has 4 aliphatic rings. The highest BCUT2D eigenvalue weighted by molar-refractivity contribution is 5.76. The molecule has 4 aliphatic carbocycles. The van der Waals surface area contributed by atoms with Gasteiger partial charge in [0, 0.05) is 6.04 Å². The predicted octanol–water partition coefficient (Wildman–Crippen LogP) is 4.18. The summed E-state index contributed by atoms with van der Waals surface area (Å²) in [6.45, 7) is 2.69. The Balaban J connectivity index is 1.28. The van der Waals surface area contributed by atoms with Gasteiger partial charge in [-0.3, -0.25) is 4.79 Å². The smallest absolute Gasteiger partial charge is 0.223 e. The molecule has 0 aliphatic heterocycles. The second-order valence-electron chi connectivity index (χ2n) is 8.48. The van der Waals surface area contributed by atoms with Gasteiger partial charge in [0.05, 0.1) is 13.0 Å². The zero-order chi connectivity index (χ0) is 16.6. The van der Waals surface area contributed by atoms with Crippen LogP contribution >= 0.6 is 0 Å². The van der Waals surface area contributed by atoms with Crippen LogP contribution in [0.15, 0.2) is 30.3 Å². The van der Waals surface area contributed by atoms with Gasteiger partial charge < -0.3 is 10.1 Å². The molecule has 4 saturated carbocycles. The molecule has 0 spiro atoms. The second kappa shape index (κ2) is 6.42. The third-order valence-electron chi connectivity index (χ3n) is 6.72. The van der Waals surface area contributed by atoms with E-state index in [2.05, 4.69) is 12.2 Å². The van der Waals surface area contributed by atoms with Gasteiger partial charge >= 0.3 is 0 Å². The van der Waals surface area contributed by atoms with E-state index in [0.717, 1.165) is 23.5 Å². The summed E-state index contributed by atoms with van der Waals surface area (Å²) in [4.78, 5) is 12.3. The number of amides is 1. The topological polar surface area (TPSA) is 38.3 Å². The van der Waals surface area contributed by atoms with Crippen LogP contribution in [0.5, 0.6) is 5.75 Å². The van der Waals surface area contributed by atoms with Crippen LogP contribution in [0.25, 0.3) is 0 Å². The number of ether oxygens (including phenoxy) is 1. The Morgan fingerprint density at radius 1 is 1.12 bits per heavy atom. The Morgan fingerprint density at radius 2 is 1.71 bits per heavy atom. The maximum absolute atomic E-state index is 12.3. The zero-order valence-electron chi connectivity index (χ0n) is 14.7. The zero-order valence-corrected chi connectivity index (χ0v) is 14.7. The van der Waals surface area contributed by atoms with Crippen molar-refractivity contribution in [2.75, 3.05) is 6.61 Å². The molecule has 0 unspecified atom stereocenters. The molecule has 1 atom stereocenters. The van der Waals surface area contributed by atoms with Gasteiger partial charge in [0.1, 0.15) is 5.75 Å². The lowest BCUT2D eigenvalue weighted by Gasteiger charge is -2.59. The van der Waals surface area contributed by atoms with E-state index in [1.54, 1.807) is 0 Å². The van der Waals surface area contributed by atoms with Crippen LogP contribution in [0.1, 0.15) is 51.9 Å². The number of hydrogen-bond donors (Lipinski definition) is 1. The van der Waals surface area contributed by atoms with Crippen LogP contribution in [0.4, 0.5) is 0 Å². The fraction of sp³-hybridized carbons (Fsp3) is 0.667. The lowest BCUT2D eigenvalue weighted by atomic mass is 9.48. The molecule has 1 amide bonds. The van der Waals surface area contributed by atoms with E-state index in [9.17, 15) is 4.79 Å². The van der Waals surface area contributed by atoms with Gasteiger partial charge in [-0.25, -0.2) is 0 Å². The number of rotatable bonds is 6. The molecule has 24 heavy (non-hydrogen) atoms. The average molecular weight is 327 g/mol. The molecule has 5 rings (SSSR count). The van der Waals surface area contributed by atoms with E-state index < -0.39 is 0 Å². The van der Waals surface area contributed by atoms with E-state index in [0.29, 0.717) is 24.5 Å². The lowest BCUT2D eigenvalue weighted by molar-refractivity contribution is -0.126. The molecule has 3 heteroatoms. The summed E-state index contributed by atoms with van der Waals surface area (Å²) < 4.78 is 5.65. The van der Waals surface area contributed by atoms with Crippen molar-refractivity contribution < 1.29 is 9.53 Å². The van der Waals surface area contributed by atoms with Crippen LogP contribution in [-0.4, -0.2) is 18.6 Å². The van der Waals surface area contributed by atoms with Crippen LogP contribution in [0.2, 0.25) is 0 Å². The maximum Gasteiger partial charge on any atom is 0.223 e. The Labute approximate surface area is 145 Å². The van der Waals surface area contributed by atoms with Gasteiger partial charge in [0.25, 0.3) is 0 Å². The van der Waals surface area contributed by atoms with E-state index >= 15 is 0 Å². The molecule has 1 aromatic rings. The molecular weight excluding hydrogens is 298 g/mol. The van der Waals surface area contributed by atoms with Crippen molar-refractivity contribution in [1.29, 1.82) is 0 Å². The van der Waals surface area contributed by atoms with Crippen LogP contribution in [0.3, 0.4) is 0 Å². The molecule has 0 aromatic heterocycles. The first-order valence-electron chi connectivity index (χ1n) is 9.60. The van der Waals surface area contributed by atoms with E-state index in [-0.39, 0.29) is 5.91 Å². The summed E-state index contributed by atoms with van der Waals surface area (Å²) in [5.41, 5.74) is 0.380. The number of benzene rings is 1. The molecule has 0 heterocycles. The number of hydrogen-bond acceptors (Lipinski definition) is 2. The summed E-state index contributed by atoms with van der Waals surface area (Å²) >= 11 is 0. The van der Waals surface area contributed by atoms with E-state index in [1.807, 2.05) is 30.3 Å². The summed E-state index contributed by atoms with van der Waals surface area (Å²) in [6.07, 6.45) is 8.79. The number of carbonyl (C=O) groups is 1. The fourth-order valence-electron chi connectivity index (χ4n) is 5.95. The SMILES string of the molecule is C[C@H](NC(=O)CCOc1ccccc1)C12CC3CC(CC(C3)C1)C2. The Kier molecular flexibility index (Phi) is 4.28. The molecule has 0 radical (unpaired) electrons.